The van der Waals surface area contributed by atoms with Gasteiger partial charge in [0, 0.05) is 70.1 Å². The van der Waals surface area contributed by atoms with Crippen LogP contribution < -0.4 is 10.2 Å². The third-order valence-electron chi connectivity index (χ3n) is 5.58. The summed E-state index contributed by atoms with van der Waals surface area (Å²) in [5.41, 5.74) is 4.31. The Morgan fingerprint density at radius 1 is 1.13 bits per heavy atom. The maximum Gasteiger partial charge on any atom is 0.253 e. The van der Waals surface area contributed by atoms with Gasteiger partial charge in [-0.1, -0.05) is 29.8 Å². The minimum Gasteiger partial charge on any atom is -0.368 e. The molecule has 31 heavy (non-hydrogen) atoms. The van der Waals surface area contributed by atoms with Crippen LogP contribution in [0.25, 0.3) is 0 Å². The molecule has 1 N–H and O–H groups in total. The van der Waals surface area contributed by atoms with E-state index in [-0.39, 0.29) is 5.91 Å². The first-order valence-corrected chi connectivity index (χ1v) is 11.0. The van der Waals surface area contributed by atoms with Crippen LogP contribution in [0.1, 0.15) is 21.5 Å². The number of amides is 1. The first kappa shape index (κ1) is 22.9. The normalized spacial score (nSPS) is 14.5. The van der Waals surface area contributed by atoms with Gasteiger partial charge in [-0.2, -0.15) is 0 Å². The van der Waals surface area contributed by atoms with Crippen LogP contribution >= 0.6 is 11.6 Å². The number of carbonyl (C=O) groups is 1. The molecule has 0 radical (unpaired) electrons. The average molecular weight is 442 g/mol. The molecule has 1 amide bonds. The third-order valence-corrected chi connectivity index (χ3v) is 5.81. The molecule has 7 heteroatoms. The smallest absolute Gasteiger partial charge is 0.253 e. The Bertz CT molecular complexity index is 935. The molecule has 1 saturated heterocycles. The van der Waals surface area contributed by atoms with Crippen LogP contribution in [0.5, 0.6) is 0 Å². The van der Waals surface area contributed by atoms with E-state index in [1.54, 1.807) is 19.0 Å². The second-order valence-corrected chi connectivity index (χ2v) is 8.47. The van der Waals surface area contributed by atoms with E-state index in [9.17, 15) is 4.79 Å². The van der Waals surface area contributed by atoms with Crippen molar-refractivity contribution in [3.05, 3.63) is 64.2 Å². The molecule has 2 aromatic carbocycles. The highest BCUT2D eigenvalue weighted by Crippen LogP contribution is 2.25. The maximum atomic E-state index is 12.2. The summed E-state index contributed by atoms with van der Waals surface area (Å²) in [6.07, 6.45) is 0.829. The molecule has 0 atom stereocenters. The lowest BCUT2D eigenvalue weighted by molar-refractivity contribution is 0.0827. The Hall–Kier alpha value is -2.73. The fraction of sp³-hybridized carbons (Fsp3) is 0.417. The lowest BCUT2D eigenvalue weighted by Crippen LogP contribution is -2.53. The van der Waals surface area contributed by atoms with E-state index in [2.05, 4.69) is 45.2 Å². The predicted octanol–water partition coefficient (Wildman–Crippen LogP) is 3.29. The van der Waals surface area contributed by atoms with Gasteiger partial charge in [0.15, 0.2) is 5.96 Å². The zero-order valence-electron chi connectivity index (χ0n) is 18.9. The Morgan fingerprint density at radius 3 is 2.55 bits per heavy atom. The maximum absolute atomic E-state index is 12.2. The van der Waals surface area contributed by atoms with Gasteiger partial charge < -0.3 is 20.0 Å². The van der Waals surface area contributed by atoms with Crippen molar-refractivity contribution in [3.8, 4) is 0 Å². The number of benzene rings is 2. The van der Waals surface area contributed by atoms with Crippen molar-refractivity contribution in [3.63, 3.8) is 0 Å². The quantitative estimate of drug-likeness (QED) is 0.571. The minimum atomic E-state index is 0.0263. The number of aryl methyl sites for hydroxylation is 1. The molecule has 1 aliphatic rings. The van der Waals surface area contributed by atoms with Crippen molar-refractivity contribution in [1.29, 1.82) is 0 Å². The highest BCUT2D eigenvalue weighted by Gasteiger charge is 2.21. The molecule has 0 bridgehead atoms. The van der Waals surface area contributed by atoms with E-state index >= 15 is 0 Å². The number of nitrogens with zero attached hydrogens (tertiary/aromatic N) is 4. The van der Waals surface area contributed by atoms with Gasteiger partial charge in [-0.05, 0) is 48.7 Å². The number of aliphatic imine (C=N–C) groups is 1. The highest BCUT2D eigenvalue weighted by molar-refractivity contribution is 6.30. The van der Waals surface area contributed by atoms with Crippen LogP contribution in [0.2, 0.25) is 5.02 Å². The average Bonchev–Trinajstić information content (AvgIpc) is 2.78. The fourth-order valence-corrected chi connectivity index (χ4v) is 4.02. The first-order chi connectivity index (χ1) is 14.9. The van der Waals surface area contributed by atoms with E-state index in [1.165, 1.54) is 11.3 Å². The molecule has 0 unspecified atom stereocenters. The molecule has 6 nitrogen and oxygen atoms in total. The highest BCUT2D eigenvalue weighted by atomic mass is 35.5. The van der Waals surface area contributed by atoms with Crippen molar-refractivity contribution >= 4 is 29.2 Å². The van der Waals surface area contributed by atoms with E-state index in [1.807, 2.05) is 31.3 Å². The second kappa shape index (κ2) is 10.5. The predicted molar refractivity (Wildman–Crippen MR) is 130 cm³/mol. The summed E-state index contributed by atoms with van der Waals surface area (Å²) < 4.78 is 0. The summed E-state index contributed by atoms with van der Waals surface area (Å²) in [7, 11) is 5.37. The third kappa shape index (κ3) is 5.91. The summed E-state index contributed by atoms with van der Waals surface area (Å²) >= 11 is 6.20. The van der Waals surface area contributed by atoms with Crippen LogP contribution in [0.3, 0.4) is 0 Å². The SMILES string of the molecule is CN=C(NCCc1cccc(C(=O)N(C)C)c1)N1CCN(c2cc(Cl)ccc2C)CC1. The molecule has 0 aliphatic carbocycles. The number of hydrogen-bond donors (Lipinski definition) is 1. The monoisotopic (exact) mass is 441 g/mol. The van der Waals surface area contributed by atoms with E-state index < -0.39 is 0 Å². The second-order valence-electron chi connectivity index (χ2n) is 8.03. The van der Waals surface area contributed by atoms with Crippen molar-refractivity contribution < 1.29 is 4.79 Å². The van der Waals surface area contributed by atoms with Crippen molar-refractivity contribution in [2.75, 3.05) is 58.8 Å². The first-order valence-electron chi connectivity index (χ1n) is 10.7. The van der Waals surface area contributed by atoms with Gasteiger partial charge in [-0.3, -0.25) is 9.79 Å². The van der Waals surface area contributed by atoms with Crippen LogP contribution in [0.4, 0.5) is 5.69 Å². The topological polar surface area (TPSA) is 51.2 Å². The van der Waals surface area contributed by atoms with Crippen molar-refractivity contribution in [1.82, 2.24) is 15.1 Å². The summed E-state index contributed by atoms with van der Waals surface area (Å²) in [5.74, 6) is 0.946. The zero-order valence-corrected chi connectivity index (χ0v) is 19.6. The molecule has 0 spiro atoms. The van der Waals surface area contributed by atoms with E-state index in [4.69, 9.17) is 11.6 Å². The van der Waals surface area contributed by atoms with Crippen LogP contribution in [0, 0.1) is 6.92 Å². The van der Waals surface area contributed by atoms with Crippen molar-refractivity contribution in [2.24, 2.45) is 4.99 Å². The molecule has 1 heterocycles. The number of anilines is 1. The molecule has 1 aliphatic heterocycles. The molecule has 2 aromatic rings. The number of nitrogens with one attached hydrogen (secondary N) is 1. The van der Waals surface area contributed by atoms with Gasteiger partial charge in [0.05, 0.1) is 0 Å². The zero-order chi connectivity index (χ0) is 22.4. The Balaban J connectivity index is 1.52. The van der Waals surface area contributed by atoms with Crippen LogP contribution in [-0.4, -0.2) is 75.5 Å². The van der Waals surface area contributed by atoms with Gasteiger partial charge in [-0.15, -0.1) is 0 Å². The van der Waals surface area contributed by atoms with Gasteiger partial charge in [0.2, 0.25) is 0 Å². The lowest BCUT2D eigenvalue weighted by atomic mass is 10.1. The van der Waals surface area contributed by atoms with Gasteiger partial charge in [0.1, 0.15) is 0 Å². The largest absolute Gasteiger partial charge is 0.368 e. The van der Waals surface area contributed by atoms with Crippen LogP contribution in [-0.2, 0) is 6.42 Å². The number of halogens is 1. The fourth-order valence-electron chi connectivity index (χ4n) is 3.85. The number of carbonyl (C=O) groups excluding carboxylic acids is 1. The molecule has 3 rings (SSSR count). The molecule has 1 fully saturated rings. The van der Waals surface area contributed by atoms with Gasteiger partial charge >= 0.3 is 0 Å². The van der Waals surface area contributed by atoms with E-state index in [0.717, 1.165) is 61.3 Å². The standard InChI is InChI=1S/C24H32ClN5O/c1-18-8-9-21(25)17-22(18)29-12-14-30(15-13-29)24(26-2)27-11-10-19-6-5-7-20(16-19)23(31)28(3)4/h5-9,16-17H,10-15H2,1-4H3,(H,26,27). The summed E-state index contributed by atoms with van der Waals surface area (Å²) in [4.78, 5) is 22.9. The van der Waals surface area contributed by atoms with Gasteiger partial charge in [-0.25, -0.2) is 0 Å². The molecular weight excluding hydrogens is 410 g/mol. The Labute approximate surface area is 190 Å². The summed E-state index contributed by atoms with van der Waals surface area (Å²) in [6.45, 7) is 6.55. The lowest BCUT2D eigenvalue weighted by Gasteiger charge is -2.38. The molecule has 0 aromatic heterocycles. The number of piperazine rings is 1. The van der Waals surface area contributed by atoms with Crippen molar-refractivity contribution in [2.45, 2.75) is 13.3 Å². The van der Waals surface area contributed by atoms with E-state index in [0.29, 0.717) is 0 Å². The van der Waals surface area contributed by atoms with Gasteiger partial charge in [0.25, 0.3) is 5.91 Å². The molecular formula is C24H32ClN5O. The number of rotatable bonds is 5. The Kier molecular flexibility index (Phi) is 7.80. The molecule has 0 saturated carbocycles. The minimum absolute atomic E-state index is 0.0263. The summed E-state index contributed by atoms with van der Waals surface area (Å²) in [6, 6.07) is 13.9. The molecule has 166 valence electrons. The Morgan fingerprint density at radius 2 is 1.87 bits per heavy atom. The van der Waals surface area contributed by atoms with Crippen LogP contribution in [0.15, 0.2) is 47.5 Å². The summed E-state index contributed by atoms with van der Waals surface area (Å²) in [5, 5.41) is 4.25. The number of hydrogen-bond acceptors (Lipinski definition) is 3. The number of guanidine groups is 1.